The van der Waals surface area contributed by atoms with E-state index in [1.165, 1.54) is 0 Å². The Bertz CT molecular complexity index is 633. The zero-order chi connectivity index (χ0) is 15.2. The average molecular weight is 349 g/mol. The van der Waals surface area contributed by atoms with Crippen molar-refractivity contribution >= 4 is 27.9 Å². The van der Waals surface area contributed by atoms with Crippen molar-refractivity contribution in [2.45, 2.75) is 13.5 Å². The first-order chi connectivity index (χ1) is 10.1. The Kier molecular flexibility index (Phi) is 5.27. The smallest absolute Gasteiger partial charge is 0.276 e. The molecule has 0 saturated carbocycles. The average Bonchev–Trinajstić information content (AvgIpc) is 2.97. The first-order valence-electron chi connectivity index (χ1n) is 6.68. The lowest BCUT2D eigenvalue weighted by Crippen LogP contribution is -2.27. The van der Waals surface area contributed by atoms with Gasteiger partial charge in [0.05, 0.1) is 6.20 Å². The molecule has 6 heteroatoms. The lowest BCUT2D eigenvalue weighted by Gasteiger charge is -2.12. The Labute approximate surface area is 132 Å². The highest BCUT2D eigenvalue weighted by Gasteiger charge is 2.14. The number of amides is 1. The Hall–Kier alpha value is -1.95. The van der Waals surface area contributed by atoms with Gasteiger partial charge in [-0.25, -0.2) is 0 Å². The Balaban J connectivity index is 1.93. The fourth-order valence-corrected chi connectivity index (χ4v) is 2.01. The topological polar surface area (TPSA) is 51.0 Å². The van der Waals surface area contributed by atoms with Crippen LogP contribution in [0.2, 0.25) is 0 Å². The standard InChI is InChI=1S/C15H17BrN4O/c1-3-20-11-14(17-18-20)15(21)19(2)10-4-5-12-6-8-13(16)9-7-12/h4-9,11H,3,10H2,1-2H3/b5-4+. The first kappa shape index (κ1) is 15.4. The van der Waals surface area contributed by atoms with Crippen LogP contribution in [0.15, 0.2) is 41.0 Å². The molecule has 0 atom stereocenters. The van der Waals surface area contributed by atoms with Crippen LogP contribution in [0.25, 0.3) is 6.08 Å². The maximum atomic E-state index is 12.1. The molecule has 110 valence electrons. The minimum Gasteiger partial charge on any atom is -0.337 e. The summed E-state index contributed by atoms with van der Waals surface area (Å²) < 4.78 is 2.68. The number of aromatic nitrogens is 3. The predicted molar refractivity (Wildman–Crippen MR) is 85.8 cm³/mol. The van der Waals surface area contributed by atoms with Crippen molar-refractivity contribution in [2.24, 2.45) is 0 Å². The van der Waals surface area contributed by atoms with Crippen molar-refractivity contribution in [2.75, 3.05) is 13.6 Å². The zero-order valence-corrected chi connectivity index (χ0v) is 13.6. The zero-order valence-electron chi connectivity index (χ0n) is 12.0. The van der Waals surface area contributed by atoms with Gasteiger partial charge in [0.1, 0.15) is 0 Å². The monoisotopic (exact) mass is 348 g/mol. The van der Waals surface area contributed by atoms with E-state index in [1.54, 1.807) is 22.8 Å². The van der Waals surface area contributed by atoms with E-state index in [0.29, 0.717) is 18.8 Å². The summed E-state index contributed by atoms with van der Waals surface area (Å²) in [5.74, 6) is -0.129. The third-order valence-electron chi connectivity index (χ3n) is 2.99. The van der Waals surface area contributed by atoms with Gasteiger partial charge in [-0.1, -0.05) is 45.4 Å². The number of hydrogen-bond acceptors (Lipinski definition) is 3. The molecule has 2 aromatic rings. The van der Waals surface area contributed by atoms with E-state index in [2.05, 4.69) is 26.2 Å². The number of benzene rings is 1. The summed E-state index contributed by atoms with van der Waals surface area (Å²) in [6.07, 6.45) is 5.60. The number of nitrogens with zero attached hydrogens (tertiary/aromatic N) is 4. The summed E-state index contributed by atoms with van der Waals surface area (Å²) in [7, 11) is 1.75. The van der Waals surface area contributed by atoms with Gasteiger partial charge in [-0.3, -0.25) is 9.48 Å². The van der Waals surface area contributed by atoms with Crippen LogP contribution in [0.1, 0.15) is 23.0 Å². The van der Waals surface area contributed by atoms with Crippen LogP contribution in [0.4, 0.5) is 0 Å². The van der Waals surface area contributed by atoms with E-state index >= 15 is 0 Å². The van der Waals surface area contributed by atoms with E-state index in [4.69, 9.17) is 0 Å². The van der Waals surface area contributed by atoms with Crippen molar-refractivity contribution in [1.29, 1.82) is 0 Å². The van der Waals surface area contributed by atoms with Gasteiger partial charge in [-0.05, 0) is 24.6 Å². The number of aryl methyl sites for hydroxylation is 1. The molecular weight excluding hydrogens is 332 g/mol. The third-order valence-corrected chi connectivity index (χ3v) is 3.52. The van der Waals surface area contributed by atoms with Crippen molar-refractivity contribution in [1.82, 2.24) is 19.9 Å². The van der Waals surface area contributed by atoms with Crippen LogP contribution < -0.4 is 0 Å². The van der Waals surface area contributed by atoms with E-state index in [0.717, 1.165) is 10.0 Å². The summed E-state index contributed by atoms with van der Waals surface area (Å²) in [5, 5.41) is 7.75. The van der Waals surface area contributed by atoms with Crippen molar-refractivity contribution in [3.05, 3.63) is 52.3 Å². The second kappa shape index (κ2) is 7.17. The van der Waals surface area contributed by atoms with Crippen LogP contribution in [-0.4, -0.2) is 39.4 Å². The molecular formula is C15H17BrN4O. The molecule has 0 N–H and O–H groups in total. The second-order valence-corrected chi connectivity index (χ2v) is 5.51. The van der Waals surface area contributed by atoms with E-state index in [-0.39, 0.29) is 5.91 Å². The third kappa shape index (κ3) is 4.26. The fraction of sp³-hybridized carbons (Fsp3) is 0.267. The lowest BCUT2D eigenvalue weighted by atomic mass is 10.2. The summed E-state index contributed by atoms with van der Waals surface area (Å²) >= 11 is 3.40. The summed E-state index contributed by atoms with van der Waals surface area (Å²) in [6.45, 7) is 3.18. The minimum absolute atomic E-state index is 0.129. The summed E-state index contributed by atoms with van der Waals surface area (Å²) in [5.41, 5.74) is 1.47. The largest absolute Gasteiger partial charge is 0.337 e. The van der Waals surface area contributed by atoms with Gasteiger partial charge >= 0.3 is 0 Å². The molecule has 0 unspecified atom stereocenters. The summed E-state index contributed by atoms with van der Waals surface area (Å²) in [4.78, 5) is 13.7. The van der Waals surface area contributed by atoms with Crippen LogP contribution in [0.3, 0.4) is 0 Å². The van der Waals surface area contributed by atoms with Crippen LogP contribution in [0.5, 0.6) is 0 Å². The van der Waals surface area contributed by atoms with Gasteiger partial charge in [-0.15, -0.1) is 5.10 Å². The molecule has 0 aliphatic carbocycles. The van der Waals surface area contributed by atoms with Gasteiger partial charge in [0.15, 0.2) is 5.69 Å². The van der Waals surface area contributed by atoms with Crippen LogP contribution in [-0.2, 0) is 6.54 Å². The normalized spacial score (nSPS) is 11.0. The van der Waals surface area contributed by atoms with Crippen LogP contribution in [0, 0.1) is 0 Å². The molecule has 21 heavy (non-hydrogen) atoms. The maximum Gasteiger partial charge on any atom is 0.276 e. The number of carbonyl (C=O) groups is 1. The quantitative estimate of drug-likeness (QED) is 0.834. The molecule has 0 spiro atoms. The van der Waals surface area contributed by atoms with Crippen LogP contribution >= 0.6 is 15.9 Å². The van der Waals surface area contributed by atoms with Crippen molar-refractivity contribution in [3.63, 3.8) is 0 Å². The van der Waals surface area contributed by atoms with Gasteiger partial charge < -0.3 is 4.90 Å². The van der Waals surface area contributed by atoms with E-state index < -0.39 is 0 Å². The van der Waals surface area contributed by atoms with E-state index in [9.17, 15) is 4.79 Å². The SMILES string of the molecule is CCn1cc(C(=O)N(C)C/C=C/c2ccc(Br)cc2)nn1. The molecule has 0 radical (unpaired) electrons. The number of carbonyl (C=O) groups excluding carboxylic acids is 1. The second-order valence-electron chi connectivity index (χ2n) is 4.60. The highest BCUT2D eigenvalue weighted by molar-refractivity contribution is 9.10. The Morgan fingerprint density at radius 2 is 2.10 bits per heavy atom. The Morgan fingerprint density at radius 1 is 1.38 bits per heavy atom. The molecule has 1 aromatic carbocycles. The lowest BCUT2D eigenvalue weighted by molar-refractivity contribution is 0.0804. The summed E-state index contributed by atoms with van der Waals surface area (Å²) in [6, 6.07) is 7.99. The number of halogens is 1. The maximum absolute atomic E-state index is 12.1. The van der Waals surface area contributed by atoms with Gasteiger partial charge in [0.2, 0.25) is 0 Å². The first-order valence-corrected chi connectivity index (χ1v) is 7.47. The molecule has 0 saturated heterocycles. The molecule has 1 heterocycles. The van der Waals surface area contributed by atoms with E-state index in [1.807, 2.05) is 43.3 Å². The molecule has 0 aliphatic rings. The molecule has 1 amide bonds. The molecule has 0 aliphatic heterocycles. The predicted octanol–water partition coefficient (Wildman–Crippen LogP) is 2.85. The highest BCUT2D eigenvalue weighted by atomic mass is 79.9. The number of likely N-dealkylation sites (N-methyl/N-ethyl adjacent to an activating group) is 1. The van der Waals surface area contributed by atoms with Gasteiger partial charge in [-0.2, -0.15) is 0 Å². The molecule has 1 aromatic heterocycles. The van der Waals surface area contributed by atoms with Crippen molar-refractivity contribution in [3.8, 4) is 0 Å². The highest BCUT2D eigenvalue weighted by Crippen LogP contribution is 2.11. The van der Waals surface area contributed by atoms with Crippen molar-refractivity contribution < 1.29 is 4.79 Å². The number of hydrogen-bond donors (Lipinski definition) is 0. The minimum atomic E-state index is -0.129. The van der Waals surface area contributed by atoms with Gasteiger partial charge in [0.25, 0.3) is 5.91 Å². The molecule has 2 rings (SSSR count). The Morgan fingerprint density at radius 3 is 2.71 bits per heavy atom. The fourth-order valence-electron chi connectivity index (χ4n) is 1.75. The molecule has 5 nitrogen and oxygen atoms in total. The molecule has 0 bridgehead atoms. The molecule has 0 fully saturated rings. The van der Waals surface area contributed by atoms with Gasteiger partial charge in [0, 0.05) is 24.6 Å². The number of rotatable bonds is 5.